The molecule has 0 saturated heterocycles. The fraction of sp³-hybridized carbons (Fsp3) is 0.211. The Balaban J connectivity index is 1.72. The third-order valence-corrected chi connectivity index (χ3v) is 4.25. The van der Waals surface area contributed by atoms with Gasteiger partial charge in [-0.25, -0.2) is 0 Å². The van der Waals surface area contributed by atoms with Gasteiger partial charge < -0.3 is 9.73 Å². The summed E-state index contributed by atoms with van der Waals surface area (Å²) in [4.78, 5) is 12.2. The second-order valence-electron chi connectivity index (χ2n) is 5.76. The molecule has 1 aromatic heterocycles. The Morgan fingerprint density at radius 3 is 2.74 bits per heavy atom. The van der Waals surface area contributed by atoms with Crippen LogP contribution in [0.2, 0.25) is 5.02 Å². The van der Waals surface area contributed by atoms with Gasteiger partial charge in [-0.15, -0.1) is 0 Å². The predicted octanol–water partition coefficient (Wildman–Crippen LogP) is 4.56. The zero-order valence-electron chi connectivity index (χ0n) is 13.2. The van der Waals surface area contributed by atoms with Gasteiger partial charge in [-0.05, 0) is 42.7 Å². The standard InChI is InChI=1S/C19H18ClNO2/c1-12-7-13(2)19-15(11-23-17(19)8-12)9-18(22)21-10-14-5-3-4-6-16(14)20/h3-8,11H,9-10H2,1-2H3,(H,21,22). The number of rotatable bonds is 4. The molecule has 1 amide bonds. The summed E-state index contributed by atoms with van der Waals surface area (Å²) in [5.41, 5.74) is 4.93. The molecule has 3 aromatic rings. The fourth-order valence-corrected chi connectivity index (χ4v) is 3.03. The number of nitrogens with one attached hydrogen (secondary N) is 1. The van der Waals surface area contributed by atoms with Crippen molar-refractivity contribution in [3.05, 3.63) is 69.9 Å². The number of hydrogen-bond donors (Lipinski definition) is 1. The van der Waals surface area contributed by atoms with E-state index in [0.717, 1.165) is 33.2 Å². The Kier molecular flexibility index (Phi) is 4.39. The van der Waals surface area contributed by atoms with Gasteiger partial charge in [-0.3, -0.25) is 4.79 Å². The van der Waals surface area contributed by atoms with Crippen LogP contribution in [0.3, 0.4) is 0 Å². The Morgan fingerprint density at radius 1 is 1.17 bits per heavy atom. The van der Waals surface area contributed by atoms with Crippen molar-refractivity contribution in [2.24, 2.45) is 0 Å². The molecule has 0 fully saturated rings. The van der Waals surface area contributed by atoms with Gasteiger partial charge in [0.1, 0.15) is 5.58 Å². The zero-order chi connectivity index (χ0) is 16.4. The maximum atomic E-state index is 12.2. The normalized spacial score (nSPS) is 10.9. The van der Waals surface area contributed by atoms with E-state index in [1.165, 1.54) is 0 Å². The van der Waals surface area contributed by atoms with Gasteiger partial charge in [0.2, 0.25) is 5.91 Å². The van der Waals surface area contributed by atoms with Crippen molar-refractivity contribution >= 4 is 28.5 Å². The molecule has 0 aliphatic heterocycles. The van der Waals surface area contributed by atoms with Crippen LogP contribution in [0.25, 0.3) is 11.0 Å². The highest BCUT2D eigenvalue weighted by molar-refractivity contribution is 6.31. The van der Waals surface area contributed by atoms with Crippen LogP contribution in [0, 0.1) is 13.8 Å². The average molecular weight is 328 g/mol. The molecule has 0 spiro atoms. The molecule has 0 radical (unpaired) electrons. The molecule has 118 valence electrons. The minimum absolute atomic E-state index is 0.0485. The quantitative estimate of drug-likeness (QED) is 0.763. The van der Waals surface area contributed by atoms with Crippen molar-refractivity contribution in [3.8, 4) is 0 Å². The molecule has 0 saturated carbocycles. The van der Waals surface area contributed by atoms with Crippen molar-refractivity contribution < 1.29 is 9.21 Å². The summed E-state index contributed by atoms with van der Waals surface area (Å²) in [6.45, 7) is 4.49. The molecule has 0 aliphatic carbocycles. The topological polar surface area (TPSA) is 42.2 Å². The highest BCUT2D eigenvalue weighted by atomic mass is 35.5. The van der Waals surface area contributed by atoms with Gasteiger partial charge in [0.05, 0.1) is 12.7 Å². The summed E-state index contributed by atoms with van der Waals surface area (Å²) in [7, 11) is 0. The lowest BCUT2D eigenvalue weighted by molar-refractivity contribution is -0.120. The van der Waals surface area contributed by atoms with E-state index in [1.807, 2.05) is 44.2 Å². The lowest BCUT2D eigenvalue weighted by Gasteiger charge is -2.07. The first-order chi connectivity index (χ1) is 11.0. The predicted molar refractivity (Wildman–Crippen MR) is 92.7 cm³/mol. The van der Waals surface area contributed by atoms with Gasteiger partial charge in [-0.1, -0.05) is 35.9 Å². The monoisotopic (exact) mass is 327 g/mol. The molecule has 4 heteroatoms. The first-order valence-corrected chi connectivity index (χ1v) is 7.90. The SMILES string of the molecule is Cc1cc(C)c2c(CC(=O)NCc3ccccc3Cl)coc2c1. The summed E-state index contributed by atoms with van der Waals surface area (Å²) in [5.74, 6) is -0.0485. The van der Waals surface area contributed by atoms with E-state index in [2.05, 4.69) is 11.4 Å². The second-order valence-corrected chi connectivity index (χ2v) is 6.17. The Hall–Kier alpha value is -2.26. The molecule has 2 aromatic carbocycles. The molecular formula is C19H18ClNO2. The lowest BCUT2D eigenvalue weighted by atomic mass is 10.0. The Labute approximate surface area is 140 Å². The van der Waals surface area contributed by atoms with Crippen molar-refractivity contribution in [3.63, 3.8) is 0 Å². The number of carbonyl (C=O) groups is 1. The van der Waals surface area contributed by atoms with Crippen LogP contribution in [0.15, 0.2) is 47.1 Å². The number of halogens is 1. The van der Waals surface area contributed by atoms with E-state index in [9.17, 15) is 4.79 Å². The maximum Gasteiger partial charge on any atom is 0.224 e. The van der Waals surface area contributed by atoms with E-state index < -0.39 is 0 Å². The third-order valence-electron chi connectivity index (χ3n) is 3.88. The first kappa shape index (κ1) is 15.6. The molecule has 0 bridgehead atoms. The molecule has 3 rings (SSSR count). The molecule has 0 aliphatic rings. The average Bonchev–Trinajstić information content (AvgIpc) is 2.89. The van der Waals surface area contributed by atoms with E-state index in [-0.39, 0.29) is 5.91 Å². The van der Waals surface area contributed by atoms with Crippen LogP contribution in [-0.2, 0) is 17.8 Å². The summed E-state index contributed by atoms with van der Waals surface area (Å²) in [6.07, 6.45) is 1.97. The van der Waals surface area contributed by atoms with Gasteiger partial charge in [-0.2, -0.15) is 0 Å². The molecular weight excluding hydrogens is 310 g/mol. The van der Waals surface area contributed by atoms with Gasteiger partial charge in [0.15, 0.2) is 0 Å². The highest BCUT2D eigenvalue weighted by Crippen LogP contribution is 2.26. The largest absolute Gasteiger partial charge is 0.464 e. The minimum atomic E-state index is -0.0485. The number of hydrogen-bond acceptors (Lipinski definition) is 2. The molecule has 1 N–H and O–H groups in total. The van der Waals surface area contributed by atoms with Crippen molar-refractivity contribution in [1.29, 1.82) is 0 Å². The summed E-state index contributed by atoms with van der Waals surface area (Å²) in [6, 6.07) is 11.6. The Bertz CT molecular complexity index is 867. The number of furan rings is 1. The van der Waals surface area contributed by atoms with E-state index in [0.29, 0.717) is 18.0 Å². The lowest BCUT2D eigenvalue weighted by Crippen LogP contribution is -2.24. The fourth-order valence-electron chi connectivity index (χ4n) is 2.83. The van der Waals surface area contributed by atoms with Crippen LogP contribution >= 0.6 is 11.6 Å². The number of amides is 1. The molecule has 3 nitrogen and oxygen atoms in total. The first-order valence-electron chi connectivity index (χ1n) is 7.52. The smallest absolute Gasteiger partial charge is 0.224 e. The minimum Gasteiger partial charge on any atom is -0.464 e. The Morgan fingerprint density at radius 2 is 1.96 bits per heavy atom. The van der Waals surface area contributed by atoms with Crippen LogP contribution in [0.4, 0.5) is 0 Å². The number of fused-ring (bicyclic) bond motifs is 1. The van der Waals surface area contributed by atoms with E-state index >= 15 is 0 Å². The second kappa shape index (κ2) is 6.47. The van der Waals surface area contributed by atoms with Crippen molar-refractivity contribution in [1.82, 2.24) is 5.32 Å². The number of carbonyl (C=O) groups excluding carboxylic acids is 1. The zero-order valence-corrected chi connectivity index (χ0v) is 13.9. The van der Waals surface area contributed by atoms with Gasteiger partial charge >= 0.3 is 0 Å². The molecule has 1 heterocycles. The van der Waals surface area contributed by atoms with Crippen LogP contribution in [0.5, 0.6) is 0 Å². The third kappa shape index (κ3) is 3.40. The number of benzene rings is 2. The van der Waals surface area contributed by atoms with E-state index in [1.54, 1.807) is 6.26 Å². The summed E-state index contributed by atoms with van der Waals surface area (Å²) < 4.78 is 5.59. The van der Waals surface area contributed by atoms with Crippen LogP contribution < -0.4 is 5.32 Å². The number of aryl methyl sites for hydroxylation is 2. The summed E-state index contributed by atoms with van der Waals surface area (Å²) in [5, 5.41) is 4.60. The molecule has 23 heavy (non-hydrogen) atoms. The van der Waals surface area contributed by atoms with Crippen molar-refractivity contribution in [2.45, 2.75) is 26.8 Å². The van der Waals surface area contributed by atoms with Crippen molar-refractivity contribution in [2.75, 3.05) is 0 Å². The van der Waals surface area contributed by atoms with Gasteiger partial charge in [0.25, 0.3) is 0 Å². The van der Waals surface area contributed by atoms with Crippen LogP contribution in [0.1, 0.15) is 22.3 Å². The summed E-state index contributed by atoms with van der Waals surface area (Å²) >= 11 is 6.10. The molecule has 0 unspecified atom stereocenters. The highest BCUT2D eigenvalue weighted by Gasteiger charge is 2.13. The molecule has 0 atom stereocenters. The van der Waals surface area contributed by atoms with E-state index in [4.69, 9.17) is 16.0 Å². The maximum absolute atomic E-state index is 12.2. The van der Waals surface area contributed by atoms with Crippen LogP contribution in [-0.4, -0.2) is 5.91 Å². The van der Waals surface area contributed by atoms with Gasteiger partial charge in [0, 0.05) is 22.5 Å².